The minimum absolute atomic E-state index is 0.905. The second-order valence-corrected chi connectivity index (χ2v) is 3.75. The Bertz CT molecular complexity index is 111. The Kier molecular flexibility index (Phi) is 6.15. The lowest BCUT2D eigenvalue weighted by atomic mass is 9.98. The fraction of sp³-hybridized carbons (Fsp3) is 1.00. The van der Waals surface area contributed by atoms with Crippen molar-refractivity contribution in [3.8, 4) is 0 Å². The number of hydrogen-bond acceptors (Lipinski definition) is 3. The van der Waals surface area contributed by atoms with E-state index in [1.165, 1.54) is 32.5 Å². The van der Waals surface area contributed by atoms with Gasteiger partial charge in [-0.2, -0.15) is 0 Å². The quantitative estimate of drug-likeness (QED) is 0.517. The van der Waals surface area contributed by atoms with Gasteiger partial charge in [-0.1, -0.05) is 6.92 Å². The van der Waals surface area contributed by atoms with Crippen LogP contribution in [0, 0.1) is 5.92 Å². The molecule has 0 atom stereocenters. The molecule has 0 aliphatic carbocycles. The maximum absolute atomic E-state index is 3.50. The summed E-state index contributed by atoms with van der Waals surface area (Å²) in [5, 5.41) is 10.2. The maximum Gasteiger partial charge on any atom is 0.00768 e. The highest BCUT2D eigenvalue weighted by atomic mass is 14.9. The predicted octanol–water partition coefficient (Wildman–Crippen LogP) is 0.185. The van der Waals surface area contributed by atoms with E-state index < -0.39 is 0 Å². The van der Waals surface area contributed by atoms with E-state index in [1.54, 1.807) is 0 Å². The van der Waals surface area contributed by atoms with Gasteiger partial charge in [0, 0.05) is 13.1 Å². The van der Waals surface area contributed by atoms with Gasteiger partial charge < -0.3 is 16.0 Å². The van der Waals surface area contributed by atoms with Crippen LogP contribution in [0.25, 0.3) is 0 Å². The van der Waals surface area contributed by atoms with Gasteiger partial charge >= 0.3 is 0 Å². The Hall–Kier alpha value is -0.120. The molecule has 1 fully saturated rings. The lowest BCUT2D eigenvalue weighted by Crippen LogP contribution is -2.36. The van der Waals surface area contributed by atoms with E-state index in [0.29, 0.717) is 0 Å². The molecule has 78 valence electrons. The summed E-state index contributed by atoms with van der Waals surface area (Å²) in [5.74, 6) is 0.905. The van der Waals surface area contributed by atoms with Crippen LogP contribution in [0.15, 0.2) is 0 Å². The molecule has 1 aliphatic heterocycles. The third-order valence-corrected chi connectivity index (χ3v) is 2.62. The van der Waals surface area contributed by atoms with Gasteiger partial charge in [-0.3, -0.25) is 0 Å². The van der Waals surface area contributed by atoms with E-state index in [-0.39, 0.29) is 0 Å². The fourth-order valence-electron chi connectivity index (χ4n) is 1.75. The third kappa shape index (κ3) is 5.24. The Morgan fingerprint density at radius 3 is 2.54 bits per heavy atom. The summed E-state index contributed by atoms with van der Waals surface area (Å²) in [6.07, 6.45) is 2.68. The highest BCUT2D eigenvalue weighted by Gasteiger charge is 2.11. The van der Waals surface area contributed by atoms with E-state index in [2.05, 4.69) is 22.9 Å². The highest BCUT2D eigenvalue weighted by molar-refractivity contribution is 4.70. The molecule has 1 saturated heterocycles. The number of rotatable bonds is 6. The predicted molar refractivity (Wildman–Crippen MR) is 57.0 cm³/mol. The Morgan fingerprint density at radius 2 is 1.85 bits per heavy atom. The first-order chi connectivity index (χ1) is 6.43. The molecule has 3 heteroatoms. The van der Waals surface area contributed by atoms with E-state index in [0.717, 1.165) is 25.6 Å². The molecule has 0 aromatic heterocycles. The molecule has 3 nitrogen and oxygen atoms in total. The summed E-state index contributed by atoms with van der Waals surface area (Å²) in [6.45, 7) is 9.05. The molecular formula is C10H23N3. The van der Waals surface area contributed by atoms with Crippen LogP contribution in [0.1, 0.15) is 19.8 Å². The van der Waals surface area contributed by atoms with E-state index in [9.17, 15) is 0 Å². The van der Waals surface area contributed by atoms with Crippen molar-refractivity contribution in [2.75, 3.05) is 39.3 Å². The Labute approximate surface area is 81.7 Å². The molecule has 0 bridgehead atoms. The maximum atomic E-state index is 3.50. The van der Waals surface area contributed by atoms with Crippen LogP contribution < -0.4 is 16.0 Å². The van der Waals surface area contributed by atoms with Crippen molar-refractivity contribution in [3.63, 3.8) is 0 Å². The topological polar surface area (TPSA) is 36.1 Å². The monoisotopic (exact) mass is 185 g/mol. The van der Waals surface area contributed by atoms with Gasteiger partial charge in [0.2, 0.25) is 0 Å². The molecule has 0 spiro atoms. The average molecular weight is 185 g/mol. The van der Waals surface area contributed by atoms with Crippen molar-refractivity contribution in [1.29, 1.82) is 0 Å². The lowest BCUT2D eigenvalue weighted by molar-refractivity contribution is 0.357. The van der Waals surface area contributed by atoms with Gasteiger partial charge in [-0.05, 0) is 44.9 Å². The summed E-state index contributed by atoms with van der Waals surface area (Å²) in [6, 6.07) is 0. The summed E-state index contributed by atoms with van der Waals surface area (Å²) in [4.78, 5) is 0. The standard InChI is InChI=1S/C10H23N3/c1-2-11-7-8-13-9-10-3-5-12-6-4-10/h10-13H,2-9H2,1H3. The van der Waals surface area contributed by atoms with Crippen molar-refractivity contribution in [2.45, 2.75) is 19.8 Å². The smallest absolute Gasteiger partial charge is 0.00768 e. The zero-order chi connectivity index (χ0) is 9.36. The van der Waals surface area contributed by atoms with Crippen molar-refractivity contribution in [2.24, 2.45) is 5.92 Å². The molecule has 1 aliphatic rings. The normalized spacial score (nSPS) is 19.2. The molecule has 3 N–H and O–H groups in total. The first-order valence-corrected chi connectivity index (χ1v) is 5.55. The zero-order valence-electron chi connectivity index (χ0n) is 8.73. The van der Waals surface area contributed by atoms with Gasteiger partial charge in [0.25, 0.3) is 0 Å². The average Bonchev–Trinajstić information content (AvgIpc) is 2.19. The van der Waals surface area contributed by atoms with E-state index in [1.807, 2.05) is 0 Å². The summed E-state index contributed by atoms with van der Waals surface area (Å²) < 4.78 is 0. The van der Waals surface area contributed by atoms with Crippen molar-refractivity contribution >= 4 is 0 Å². The molecule has 13 heavy (non-hydrogen) atoms. The number of piperidine rings is 1. The molecule has 1 rings (SSSR count). The number of nitrogens with one attached hydrogen (secondary N) is 3. The zero-order valence-corrected chi connectivity index (χ0v) is 8.73. The van der Waals surface area contributed by atoms with Crippen molar-refractivity contribution < 1.29 is 0 Å². The van der Waals surface area contributed by atoms with Crippen LogP contribution in [-0.4, -0.2) is 39.3 Å². The van der Waals surface area contributed by atoms with Crippen LogP contribution in [0.5, 0.6) is 0 Å². The molecular weight excluding hydrogens is 162 g/mol. The Balaban J connectivity index is 1.86. The molecule has 0 aromatic rings. The molecule has 0 radical (unpaired) electrons. The van der Waals surface area contributed by atoms with Gasteiger partial charge in [-0.25, -0.2) is 0 Å². The highest BCUT2D eigenvalue weighted by Crippen LogP contribution is 2.09. The first kappa shape index (κ1) is 11.0. The van der Waals surface area contributed by atoms with Gasteiger partial charge in [0.1, 0.15) is 0 Å². The lowest BCUT2D eigenvalue weighted by Gasteiger charge is -2.22. The fourth-order valence-corrected chi connectivity index (χ4v) is 1.75. The third-order valence-electron chi connectivity index (χ3n) is 2.62. The first-order valence-electron chi connectivity index (χ1n) is 5.55. The minimum Gasteiger partial charge on any atom is -0.317 e. The van der Waals surface area contributed by atoms with E-state index in [4.69, 9.17) is 0 Å². The second-order valence-electron chi connectivity index (χ2n) is 3.75. The van der Waals surface area contributed by atoms with Crippen LogP contribution in [0.3, 0.4) is 0 Å². The van der Waals surface area contributed by atoms with Gasteiger partial charge in [-0.15, -0.1) is 0 Å². The summed E-state index contributed by atoms with van der Waals surface area (Å²) >= 11 is 0. The largest absolute Gasteiger partial charge is 0.317 e. The minimum atomic E-state index is 0.905. The van der Waals surface area contributed by atoms with Crippen LogP contribution in [0.4, 0.5) is 0 Å². The van der Waals surface area contributed by atoms with Crippen LogP contribution in [-0.2, 0) is 0 Å². The van der Waals surface area contributed by atoms with Crippen molar-refractivity contribution in [3.05, 3.63) is 0 Å². The SMILES string of the molecule is CCNCCNCC1CCNCC1. The van der Waals surface area contributed by atoms with Gasteiger partial charge in [0.05, 0.1) is 0 Å². The van der Waals surface area contributed by atoms with Crippen LogP contribution in [0.2, 0.25) is 0 Å². The van der Waals surface area contributed by atoms with Gasteiger partial charge in [0.15, 0.2) is 0 Å². The van der Waals surface area contributed by atoms with Crippen molar-refractivity contribution in [1.82, 2.24) is 16.0 Å². The number of hydrogen-bond donors (Lipinski definition) is 3. The summed E-state index contributed by atoms with van der Waals surface area (Å²) in [5.41, 5.74) is 0. The van der Waals surface area contributed by atoms with Crippen LogP contribution >= 0.6 is 0 Å². The molecule has 0 amide bonds. The second kappa shape index (κ2) is 7.30. The molecule has 0 unspecified atom stereocenters. The molecule has 0 aromatic carbocycles. The molecule has 0 saturated carbocycles. The summed E-state index contributed by atoms with van der Waals surface area (Å²) in [7, 11) is 0. The Morgan fingerprint density at radius 1 is 1.15 bits per heavy atom. The number of likely N-dealkylation sites (N-methyl/N-ethyl adjacent to an activating group) is 1. The molecule has 1 heterocycles. The van der Waals surface area contributed by atoms with E-state index >= 15 is 0 Å².